The van der Waals surface area contributed by atoms with E-state index in [1.54, 1.807) is 6.92 Å². The molecule has 0 aliphatic rings. The lowest BCUT2D eigenvalue weighted by atomic mass is 10.1. The Morgan fingerprint density at radius 3 is 2.70 bits per heavy atom. The van der Waals surface area contributed by atoms with Gasteiger partial charge in [-0.1, -0.05) is 28.9 Å². The topological polar surface area (TPSA) is 114 Å². The molecule has 0 saturated heterocycles. The summed E-state index contributed by atoms with van der Waals surface area (Å²) >= 11 is 5.87. The Labute approximate surface area is 160 Å². The fourth-order valence-corrected chi connectivity index (χ4v) is 2.76. The third-order valence-electron chi connectivity index (χ3n) is 4.20. The molecule has 0 saturated carbocycles. The minimum Gasteiger partial charge on any atom is -0.393 e. The summed E-state index contributed by atoms with van der Waals surface area (Å²) in [6.07, 6.45) is 1.55. The molecule has 27 heavy (non-hydrogen) atoms. The van der Waals surface area contributed by atoms with Crippen molar-refractivity contribution >= 4 is 11.6 Å². The molecule has 0 unspecified atom stereocenters. The van der Waals surface area contributed by atoms with Crippen molar-refractivity contribution in [1.82, 2.24) is 19.9 Å². The highest BCUT2D eigenvalue weighted by Crippen LogP contribution is 2.13. The Balaban J connectivity index is 1.68. The standard InChI is InChI=1S/C18H19ClN4O4/c1-11-14(15(25)10-24)8-20-23(18(11)26)9-17-21-16(22-27-17)7-4-12-2-5-13(19)6-3-12/h2-3,5-6,8,15,24-25H,4,7,9-10H2,1H3/t15-/m1/s1. The first-order chi connectivity index (χ1) is 13.0. The molecule has 3 rings (SSSR count). The highest BCUT2D eigenvalue weighted by Gasteiger charge is 2.16. The van der Waals surface area contributed by atoms with Gasteiger partial charge in [0.1, 0.15) is 12.6 Å². The highest BCUT2D eigenvalue weighted by molar-refractivity contribution is 6.30. The van der Waals surface area contributed by atoms with Gasteiger partial charge in [-0.3, -0.25) is 4.79 Å². The molecule has 2 N–H and O–H groups in total. The summed E-state index contributed by atoms with van der Waals surface area (Å²) in [6.45, 7) is 1.12. The van der Waals surface area contributed by atoms with Gasteiger partial charge in [0.25, 0.3) is 5.56 Å². The van der Waals surface area contributed by atoms with Crippen LogP contribution in [0.3, 0.4) is 0 Å². The molecule has 1 aromatic carbocycles. The van der Waals surface area contributed by atoms with Crippen LogP contribution in [0.25, 0.3) is 0 Å². The van der Waals surface area contributed by atoms with Crippen molar-refractivity contribution in [2.45, 2.75) is 32.4 Å². The summed E-state index contributed by atoms with van der Waals surface area (Å²) in [5.41, 5.74) is 1.33. The summed E-state index contributed by atoms with van der Waals surface area (Å²) in [5, 5.41) is 27.4. The van der Waals surface area contributed by atoms with Crippen LogP contribution in [-0.4, -0.2) is 36.7 Å². The Kier molecular flexibility index (Phi) is 6.00. The van der Waals surface area contributed by atoms with Gasteiger partial charge in [-0.25, -0.2) is 4.68 Å². The van der Waals surface area contributed by atoms with Gasteiger partial charge in [0.05, 0.1) is 12.8 Å². The molecular formula is C18H19ClN4O4. The molecule has 9 heteroatoms. The highest BCUT2D eigenvalue weighted by atomic mass is 35.5. The maximum atomic E-state index is 12.4. The zero-order valence-electron chi connectivity index (χ0n) is 14.7. The first-order valence-electron chi connectivity index (χ1n) is 8.39. The predicted molar refractivity (Wildman–Crippen MR) is 97.5 cm³/mol. The van der Waals surface area contributed by atoms with Crippen LogP contribution in [0.4, 0.5) is 0 Å². The van der Waals surface area contributed by atoms with E-state index < -0.39 is 12.7 Å². The summed E-state index contributed by atoms with van der Waals surface area (Å²) in [7, 11) is 0. The number of rotatable bonds is 7. The summed E-state index contributed by atoms with van der Waals surface area (Å²) in [6, 6.07) is 7.54. The first-order valence-corrected chi connectivity index (χ1v) is 8.77. The van der Waals surface area contributed by atoms with Crippen LogP contribution in [0.1, 0.15) is 34.5 Å². The molecule has 0 radical (unpaired) electrons. The second-order valence-electron chi connectivity index (χ2n) is 6.12. The Hall–Kier alpha value is -2.55. The van der Waals surface area contributed by atoms with E-state index in [-0.39, 0.29) is 18.0 Å². The van der Waals surface area contributed by atoms with E-state index in [9.17, 15) is 9.90 Å². The second kappa shape index (κ2) is 8.43. The van der Waals surface area contributed by atoms with Crippen LogP contribution in [-0.2, 0) is 19.4 Å². The lowest BCUT2D eigenvalue weighted by Crippen LogP contribution is -2.28. The molecule has 0 aliphatic heterocycles. The van der Waals surface area contributed by atoms with E-state index in [4.69, 9.17) is 21.2 Å². The number of aliphatic hydroxyl groups is 2. The van der Waals surface area contributed by atoms with Crippen LogP contribution in [0.2, 0.25) is 5.02 Å². The lowest BCUT2D eigenvalue weighted by molar-refractivity contribution is 0.0944. The number of aryl methyl sites for hydroxylation is 2. The molecule has 0 fully saturated rings. The van der Waals surface area contributed by atoms with Crippen molar-refractivity contribution < 1.29 is 14.7 Å². The first kappa shape index (κ1) is 19.2. The number of halogens is 1. The van der Waals surface area contributed by atoms with Gasteiger partial charge in [-0.15, -0.1) is 0 Å². The smallest absolute Gasteiger partial charge is 0.270 e. The Morgan fingerprint density at radius 2 is 2.00 bits per heavy atom. The third kappa shape index (κ3) is 4.60. The van der Waals surface area contributed by atoms with Crippen molar-refractivity contribution in [2.24, 2.45) is 0 Å². The average Bonchev–Trinajstić information content (AvgIpc) is 3.12. The number of hydrogen-bond donors (Lipinski definition) is 2. The molecule has 0 aliphatic carbocycles. The van der Waals surface area contributed by atoms with Crippen LogP contribution in [0, 0.1) is 6.92 Å². The van der Waals surface area contributed by atoms with Gasteiger partial charge in [0.2, 0.25) is 5.89 Å². The van der Waals surface area contributed by atoms with Gasteiger partial charge >= 0.3 is 0 Å². The number of benzene rings is 1. The zero-order valence-corrected chi connectivity index (χ0v) is 15.4. The van der Waals surface area contributed by atoms with Crippen molar-refractivity contribution in [3.8, 4) is 0 Å². The van der Waals surface area contributed by atoms with Crippen LogP contribution in [0.5, 0.6) is 0 Å². The molecule has 8 nitrogen and oxygen atoms in total. The predicted octanol–water partition coefficient (Wildman–Crippen LogP) is 1.45. The minimum absolute atomic E-state index is 0.0309. The minimum atomic E-state index is -1.14. The fraction of sp³-hybridized carbons (Fsp3) is 0.333. The summed E-state index contributed by atoms with van der Waals surface area (Å²) in [5.74, 6) is 0.808. The summed E-state index contributed by atoms with van der Waals surface area (Å²) < 4.78 is 6.38. The Morgan fingerprint density at radius 1 is 1.26 bits per heavy atom. The number of nitrogens with zero attached hydrogens (tertiary/aromatic N) is 4. The van der Waals surface area contributed by atoms with Crippen molar-refractivity contribution in [3.05, 3.63) is 74.2 Å². The second-order valence-corrected chi connectivity index (χ2v) is 6.55. The van der Waals surface area contributed by atoms with E-state index in [0.29, 0.717) is 28.4 Å². The number of aromatic nitrogens is 4. The Bertz CT molecular complexity index is 968. The van der Waals surface area contributed by atoms with Crippen molar-refractivity contribution in [2.75, 3.05) is 6.61 Å². The molecule has 0 amide bonds. The van der Waals surface area contributed by atoms with Gasteiger partial charge in [0, 0.05) is 22.6 Å². The monoisotopic (exact) mass is 390 g/mol. The number of hydrogen-bond acceptors (Lipinski definition) is 7. The lowest BCUT2D eigenvalue weighted by Gasteiger charge is -2.11. The van der Waals surface area contributed by atoms with Gasteiger partial charge in [-0.2, -0.15) is 10.1 Å². The maximum Gasteiger partial charge on any atom is 0.270 e. The molecular weight excluding hydrogens is 372 g/mol. The fourth-order valence-electron chi connectivity index (χ4n) is 2.64. The van der Waals surface area contributed by atoms with E-state index in [0.717, 1.165) is 12.0 Å². The molecule has 3 aromatic rings. The van der Waals surface area contributed by atoms with Gasteiger partial charge < -0.3 is 14.7 Å². The normalized spacial score (nSPS) is 12.3. The zero-order chi connectivity index (χ0) is 19.4. The van der Waals surface area contributed by atoms with E-state index in [1.165, 1.54) is 10.9 Å². The van der Waals surface area contributed by atoms with Crippen LogP contribution in [0.15, 0.2) is 39.8 Å². The summed E-state index contributed by atoms with van der Waals surface area (Å²) in [4.78, 5) is 16.7. The molecule has 2 heterocycles. The van der Waals surface area contributed by atoms with Gasteiger partial charge in [0.15, 0.2) is 5.82 Å². The molecule has 0 bridgehead atoms. The average molecular weight is 391 g/mol. The van der Waals surface area contributed by atoms with E-state index in [1.807, 2.05) is 24.3 Å². The van der Waals surface area contributed by atoms with Crippen molar-refractivity contribution in [1.29, 1.82) is 0 Å². The third-order valence-corrected chi connectivity index (χ3v) is 4.45. The van der Waals surface area contributed by atoms with E-state index in [2.05, 4.69) is 15.2 Å². The van der Waals surface area contributed by atoms with Crippen molar-refractivity contribution in [3.63, 3.8) is 0 Å². The van der Waals surface area contributed by atoms with Gasteiger partial charge in [-0.05, 0) is 31.0 Å². The molecule has 0 spiro atoms. The molecule has 2 aromatic heterocycles. The SMILES string of the molecule is Cc1c([C@H](O)CO)cnn(Cc2nc(CCc3ccc(Cl)cc3)no2)c1=O. The van der Waals surface area contributed by atoms with E-state index >= 15 is 0 Å². The number of aliphatic hydroxyl groups excluding tert-OH is 2. The van der Waals surface area contributed by atoms with Crippen LogP contribution < -0.4 is 5.56 Å². The molecule has 1 atom stereocenters. The quantitative estimate of drug-likeness (QED) is 0.627. The molecule has 142 valence electrons. The van der Waals surface area contributed by atoms with Crippen LogP contribution >= 0.6 is 11.6 Å². The largest absolute Gasteiger partial charge is 0.393 e. The maximum absolute atomic E-state index is 12.4.